The number of halogens is 1. The number of carbonyl (C=O) groups is 2. The number of anilines is 3. The van der Waals surface area contributed by atoms with Crippen LogP contribution in [0, 0.1) is 5.82 Å². The smallest absolute Gasteiger partial charge is 0.340 e. The zero-order valence-corrected chi connectivity index (χ0v) is 22.3. The zero-order chi connectivity index (χ0) is 28.6. The first kappa shape index (κ1) is 26.4. The van der Waals surface area contributed by atoms with Crippen LogP contribution in [-0.4, -0.2) is 43.5 Å². The van der Waals surface area contributed by atoms with Crippen LogP contribution < -0.4 is 16.4 Å². The van der Waals surface area contributed by atoms with Crippen molar-refractivity contribution in [2.24, 2.45) is 0 Å². The Bertz CT molecular complexity index is 1720. The second kappa shape index (κ2) is 10.1. The maximum Gasteiger partial charge on any atom is 0.340 e. The third-order valence-corrected chi connectivity index (χ3v) is 6.23. The highest BCUT2D eigenvalue weighted by Gasteiger charge is 2.23. The van der Waals surface area contributed by atoms with Gasteiger partial charge in [-0.05, 0) is 42.0 Å². The number of nitrogens with zero attached hydrogens (tertiary/aromatic N) is 5. The Morgan fingerprint density at radius 2 is 1.73 bits per heavy atom. The molecule has 12 heteroatoms. The van der Waals surface area contributed by atoms with Gasteiger partial charge in [-0.1, -0.05) is 32.9 Å². The van der Waals surface area contributed by atoms with E-state index in [0.717, 1.165) is 5.69 Å². The zero-order valence-electron chi connectivity index (χ0n) is 22.3. The van der Waals surface area contributed by atoms with Crippen LogP contribution in [0.15, 0.2) is 67.1 Å². The van der Waals surface area contributed by atoms with Crippen LogP contribution in [0.4, 0.5) is 26.5 Å². The van der Waals surface area contributed by atoms with Crippen LogP contribution in [0.3, 0.4) is 0 Å². The SMILES string of the molecule is COC(=O)c1cn2ncnc(N)c2c1-c1ccc(NC(=O)Nc2cc(C(C)(C)C)nn2-c2ccc(F)cc2)cc1. The van der Waals surface area contributed by atoms with E-state index < -0.39 is 12.0 Å². The maximum atomic E-state index is 13.5. The monoisotopic (exact) mass is 542 g/mol. The first-order valence-corrected chi connectivity index (χ1v) is 12.3. The largest absolute Gasteiger partial charge is 0.465 e. The van der Waals surface area contributed by atoms with Gasteiger partial charge in [0.1, 0.15) is 23.5 Å². The molecular weight excluding hydrogens is 515 g/mol. The minimum Gasteiger partial charge on any atom is -0.465 e. The van der Waals surface area contributed by atoms with Crippen molar-refractivity contribution in [2.75, 3.05) is 23.5 Å². The topological polar surface area (TPSA) is 141 Å². The molecule has 2 amide bonds. The van der Waals surface area contributed by atoms with Gasteiger partial charge in [-0.15, -0.1) is 0 Å². The molecule has 2 aromatic carbocycles. The Balaban J connectivity index is 1.41. The van der Waals surface area contributed by atoms with Crippen LogP contribution in [0.25, 0.3) is 22.3 Å². The van der Waals surface area contributed by atoms with Gasteiger partial charge in [-0.3, -0.25) is 5.32 Å². The third-order valence-electron chi connectivity index (χ3n) is 6.23. The van der Waals surface area contributed by atoms with Crippen molar-refractivity contribution in [2.45, 2.75) is 26.2 Å². The predicted molar refractivity (Wildman–Crippen MR) is 149 cm³/mol. The lowest BCUT2D eigenvalue weighted by Crippen LogP contribution is -2.21. The van der Waals surface area contributed by atoms with Gasteiger partial charge in [-0.2, -0.15) is 10.2 Å². The molecule has 3 heterocycles. The number of benzene rings is 2. The molecule has 5 rings (SSSR count). The summed E-state index contributed by atoms with van der Waals surface area (Å²) in [6.07, 6.45) is 2.83. The first-order valence-electron chi connectivity index (χ1n) is 12.3. The van der Waals surface area contributed by atoms with Gasteiger partial charge in [0, 0.05) is 28.9 Å². The van der Waals surface area contributed by atoms with Gasteiger partial charge in [-0.25, -0.2) is 28.2 Å². The van der Waals surface area contributed by atoms with Crippen molar-refractivity contribution in [3.05, 3.63) is 84.2 Å². The van der Waals surface area contributed by atoms with Crippen molar-refractivity contribution in [1.82, 2.24) is 24.4 Å². The normalized spacial score (nSPS) is 11.4. The molecule has 0 radical (unpaired) electrons. The molecule has 0 unspecified atom stereocenters. The quantitative estimate of drug-likeness (QED) is 0.264. The van der Waals surface area contributed by atoms with E-state index in [1.807, 2.05) is 20.8 Å². The average molecular weight is 543 g/mol. The number of hydrogen-bond donors (Lipinski definition) is 3. The number of urea groups is 1. The van der Waals surface area contributed by atoms with E-state index in [1.54, 1.807) is 47.1 Å². The van der Waals surface area contributed by atoms with Crippen molar-refractivity contribution in [1.29, 1.82) is 0 Å². The molecule has 0 aliphatic carbocycles. The molecule has 0 aliphatic rings. The number of ether oxygens (including phenoxy) is 1. The van der Waals surface area contributed by atoms with Gasteiger partial charge in [0.2, 0.25) is 0 Å². The van der Waals surface area contributed by atoms with E-state index in [0.29, 0.717) is 33.8 Å². The summed E-state index contributed by atoms with van der Waals surface area (Å²) in [7, 11) is 1.29. The lowest BCUT2D eigenvalue weighted by atomic mass is 9.92. The van der Waals surface area contributed by atoms with Crippen LogP contribution in [0.2, 0.25) is 0 Å². The van der Waals surface area contributed by atoms with Gasteiger partial charge < -0.3 is 15.8 Å². The summed E-state index contributed by atoms with van der Waals surface area (Å²) in [6.45, 7) is 6.03. The third kappa shape index (κ3) is 5.06. The number of nitrogens with two attached hydrogens (primary N) is 1. The molecule has 0 saturated carbocycles. The van der Waals surface area contributed by atoms with Gasteiger partial charge in [0.05, 0.1) is 24.1 Å². The molecule has 0 bridgehead atoms. The first-order chi connectivity index (χ1) is 19.0. The Labute approximate surface area is 228 Å². The summed E-state index contributed by atoms with van der Waals surface area (Å²) < 4.78 is 21.5. The summed E-state index contributed by atoms with van der Waals surface area (Å²) in [5.74, 6) is -0.294. The van der Waals surface area contributed by atoms with Crippen LogP contribution >= 0.6 is 0 Å². The number of carbonyl (C=O) groups excluding carboxylic acids is 2. The van der Waals surface area contributed by atoms with Crippen molar-refractivity contribution < 1.29 is 18.7 Å². The number of amides is 2. The highest BCUT2D eigenvalue weighted by atomic mass is 19.1. The molecule has 0 spiro atoms. The van der Waals surface area contributed by atoms with E-state index >= 15 is 0 Å². The fourth-order valence-corrected chi connectivity index (χ4v) is 4.21. The molecule has 0 fully saturated rings. The Morgan fingerprint density at radius 3 is 2.38 bits per heavy atom. The fourth-order valence-electron chi connectivity index (χ4n) is 4.21. The number of aromatic nitrogens is 5. The van der Waals surface area contributed by atoms with Crippen molar-refractivity contribution in [3.63, 3.8) is 0 Å². The van der Waals surface area contributed by atoms with E-state index in [2.05, 4.69) is 25.8 Å². The highest BCUT2D eigenvalue weighted by molar-refractivity contribution is 6.05. The van der Waals surface area contributed by atoms with Crippen LogP contribution in [-0.2, 0) is 10.2 Å². The van der Waals surface area contributed by atoms with Gasteiger partial charge >= 0.3 is 12.0 Å². The molecule has 5 aromatic rings. The number of esters is 1. The van der Waals surface area contributed by atoms with Crippen molar-refractivity contribution >= 4 is 34.8 Å². The standard InChI is InChI=1S/C28H27FN8O3/c1-28(2,3)21-13-22(37(35-21)19-11-7-17(29)8-12-19)34-27(39)33-18-9-5-16(6-10-18)23-20(26(38)40-4)14-36-24(23)25(30)31-15-32-36/h5-15H,1-4H3,(H2,30,31,32)(H2,33,34,39). The molecule has 0 atom stereocenters. The van der Waals surface area contributed by atoms with E-state index in [-0.39, 0.29) is 22.6 Å². The number of nitrogens with one attached hydrogen (secondary N) is 2. The average Bonchev–Trinajstić information content (AvgIpc) is 3.52. The predicted octanol–water partition coefficient (Wildman–Crippen LogP) is 5.03. The molecule has 11 nitrogen and oxygen atoms in total. The number of fused-ring (bicyclic) bond motifs is 1. The summed E-state index contributed by atoms with van der Waals surface area (Å²) in [4.78, 5) is 29.5. The molecule has 3 aromatic heterocycles. The van der Waals surface area contributed by atoms with Crippen LogP contribution in [0.1, 0.15) is 36.8 Å². The van der Waals surface area contributed by atoms with E-state index in [4.69, 9.17) is 10.5 Å². The number of nitrogen functional groups attached to an aromatic ring is 1. The summed E-state index contributed by atoms with van der Waals surface area (Å²) in [5.41, 5.74) is 9.56. The number of methoxy groups -OCH3 is 1. The molecule has 0 aliphatic heterocycles. The lowest BCUT2D eigenvalue weighted by molar-refractivity contribution is 0.0601. The second-order valence-corrected chi connectivity index (χ2v) is 10.1. The molecular formula is C28H27FN8O3. The highest BCUT2D eigenvalue weighted by Crippen LogP contribution is 2.33. The van der Waals surface area contributed by atoms with E-state index in [9.17, 15) is 14.0 Å². The van der Waals surface area contributed by atoms with Crippen LogP contribution in [0.5, 0.6) is 0 Å². The maximum absolute atomic E-state index is 13.5. The minimum absolute atomic E-state index is 0.203. The summed E-state index contributed by atoms with van der Waals surface area (Å²) >= 11 is 0. The Morgan fingerprint density at radius 1 is 1.02 bits per heavy atom. The van der Waals surface area contributed by atoms with Crippen molar-refractivity contribution in [3.8, 4) is 16.8 Å². The fraction of sp³-hybridized carbons (Fsp3) is 0.179. The minimum atomic E-state index is -0.547. The molecule has 204 valence electrons. The summed E-state index contributed by atoms with van der Waals surface area (Å²) in [6, 6.07) is 14.0. The Kier molecular flexibility index (Phi) is 6.68. The second-order valence-electron chi connectivity index (χ2n) is 10.1. The van der Waals surface area contributed by atoms with E-state index in [1.165, 1.54) is 36.3 Å². The molecule has 40 heavy (non-hydrogen) atoms. The molecule has 0 saturated heterocycles. The lowest BCUT2D eigenvalue weighted by Gasteiger charge is -2.14. The number of hydrogen-bond acceptors (Lipinski definition) is 7. The van der Waals surface area contributed by atoms with Gasteiger partial charge in [0.25, 0.3) is 0 Å². The Hall–Kier alpha value is -5.26. The molecule has 4 N–H and O–H groups in total. The summed E-state index contributed by atoms with van der Waals surface area (Å²) in [5, 5.41) is 14.4. The van der Waals surface area contributed by atoms with Gasteiger partial charge in [0.15, 0.2) is 5.82 Å². The number of rotatable bonds is 5.